The number of guanidine groups is 1. The summed E-state index contributed by atoms with van der Waals surface area (Å²) in [5, 5.41) is 3.32. The predicted octanol–water partition coefficient (Wildman–Crippen LogP) is 2.11. The number of hydrazine groups is 1. The Kier molecular flexibility index (Phi) is 5.24. The van der Waals surface area contributed by atoms with Gasteiger partial charge in [-0.05, 0) is 37.5 Å². The van der Waals surface area contributed by atoms with Crippen LogP contribution in [0.15, 0.2) is 29.3 Å². The number of aliphatic imine (C=N–C) groups is 1. The van der Waals surface area contributed by atoms with Crippen molar-refractivity contribution >= 4 is 5.96 Å². The van der Waals surface area contributed by atoms with Crippen LogP contribution < -0.4 is 21.3 Å². The summed E-state index contributed by atoms with van der Waals surface area (Å²) in [6.45, 7) is 2.09. The number of nitrogens with two attached hydrogens (primary N) is 1. The minimum Gasteiger partial charge on any atom is -0.497 e. The van der Waals surface area contributed by atoms with Crippen molar-refractivity contribution in [3.05, 3.63) is 29.8 Å². The van der Waals surface area contributed by atoms with Crippen LogP contribution >= 0.6 is 0 Å². The van der Waals surface area contributed by atoms with Gasteiger partial charge in [-0.3, -0.25) is 5.43 Å². The summed E-state index contributed by atoms with van der Waals surface area (Å²) in [6.07, 6.45) is 4.84. The Hall–Kier alpha value is -1.75. The molecule has 2 rings (SSSR count). The van der Waals surface area contributed by atoms with Gasteiger partial charge < -0.3 is 10.1 Å². The van der Waals surface area contributed by atoms with Gasteiger partial charge in [0, 0.05) is 0 Å². The summed E-state index contributed by atoms with van der Waals surface area (Å²) in [5.74, 6) is 7.09. The number of nitrogens with one attached hydrogen (secondary N) is 2. The second-order valence-corrected chi connectivity index (χ2v) is 5.20. The van der Waals surface area contributed by atoms with Crippen LogP contribution in [0.5, 0.6) is 5.75 Å². The van der Waals surface area contributed by atoms with Gasteiger partial charge in [0.1, 0.15) is 5.75 Å². The molecule has 1 aromatic rings. The quantitative estimate of drug-likeness (QED) is 0.341. The van der Waals surface area contributed by atoms with E-state index in [0.29, 0.717) is 12.0 Å². The lowest BCUT2D eigenvalue weighted by Gasteiger charge is -2.18. The molecule has 1 aliphatic carbocycles. The van der Waals surface area contributed by atoms with Crippen molar-refractivity contribution in [2.75, 3.05) is 7.11 Å². The number of benzene rings is 1. The summed E-state index contributed by atoms with van der Waals surface area (Å²) in [7, 11) is 1.67. The number of hydrogen-bond acceptors (Lipinski definition) is 3. The average Bonchev–Trinajstić information content (AvgIpc) is 2.99. The van der Waals surface area contributed by atoms with Crippen LogP contribution in [0.1, 0.15) is 44.2 Å². The predicted molar refractivity (Wildman–Crippen MR) is 81.6 cm³/mol. The molecule has 1 aliphatic rings. The first-order chi connectivity index (χ1) is 9.72. The number of hydrogen-bond donors (Lipinski definition) is 3. The van der Waals surface area contributed by atoms with E-state index in [2.05, 4.69) is 22.7 Å². The van der Waals surface area contributed by atoms with Gasteiger partial charge in [-0.15, -0.1) is 0 Å². The Morgan fingerprint density at radius 1 is 1.30 bits per heavy atom. The Labute approximate surface area is 120 Å². The molecule has 0 saturated heterocycles. The number of rotatable bonds is 4. The van der Waals surface area contributed by atoms with Crippen LogP contribution in [0.2, 0.25) is 0 Å². The maximum absolute atomic E-state index is 5.56. The smallest absolute Gasteiger partial charge is 0.206 e. The molecule has 0 radical (unpaired) electrons. The third kappa shape index (κ3) is 3.87. The first-order valence-electron chi connectivity index (χ1n) is 7.18. The summed E-state index contributed by atoms with van der Waals surface area (Å²) >= 11 is 0. The van der Waals surface area contributed by atoms with Crippen molar-refractivity contribution in [1.29, 1.82) is 0 Å². The normalized spacial score (nSPS) is 17.9. The lowest BCUT2D eigenvalue weighted by atomic mass is 10.1. The first kappa shape index (κ1) is 14.7. The van der Waals surface area contributed by atoms with Gasteiger partial charge in [0.25, 0.3) is 0 Å². The molecule has 20 heavy (non-hydrogen) atoms. The Morgan fingerprint density at radius 2 is 1.95 bits per heavy atom. The van der Waals surface area contributed by atoms with E-state index in [0.717, 1.165) is 18.6 Å². The highest BCUT2D eigenvalue weighted by Crippen LogP contribution is 2.21. The molecule has 0 heterocycles. The minimum absolute atomic E-state index is 0.136. The first-order valence-corrected chi connectivity index (χ1v) is 7.18. The number of ether oxygens (including phenoxy) is 1. The molecule has 0 bridgehead atoms. The van der Waals surface area contributed by atoms with Crippen molar-refractivity contribution in [3.8, 4) is 5.75 Å². The fourth-order valence-electron chi connectivity index (χ4n) is 2.51. The molecule has 110 valence electrons. The summed E-state index contributed by atoms with van der Waals surface area (Å²) in [4.78, 5) is 4.64. The van der Waals surface area contributed by atoms with Gasteiger partial charge in [0.2, 0.25) is 5.96 Å². The van der Waals surface area contributed by atoms with E-state index in [4.69, 9.17) is 10.6 Å². The minimum atomic E-state index is 0.136. The maximum atomic E-state index is 5.56. The van der Waals surface area contributed by atoms with Gasteiger partial charge in [0.05, 0.1) is 19.2 Å². The van der Waals surface area contributed by atoms with E-state index in [1.165, 1.54) is 18.4 Å². The summed E-state index contributed by atoms with van der Waals surface area (Å²) in [5.41, 5.74) is 3.83. The van der Waals surface area contributed by atoms with Crippen LogP contribution in [0, 0.1) is 0 Å². The highest BCUT2D eigenvalue weighted by molar-refractivity contribution is 5.79. The topological polar surface area (TPSA) is 71.7 Å². The second kappa shape index (κ2) is 7.14. The van der Waals surface area contributed by atoms with Gasteiger partial charge in [-0.2, -0.15) is 0 Å². The maximum Gasteiger partial charge on any atom is 0.206 e. The van der Waals surface area contributed by atoms with E-state index >= 15 is 0 Å². The molecule has 0 amide bonds. The average molecular weight is 276 g/mol. The summed E-state index contributed by atoms with van der Waals surface area (Å²) < 4.78 is 5.16. The highest BCUT2D eigenvalue weighted by Gasteiger charge is 2.15. The highest BCUT2D eigenvalue weighted by atomic mass is 16.5. The third-order valence-electron chi connectivity index (χ3n) is 3.74. The van der Waals surface area contributed by atoms with Crippen LogP contribution in [0.3, 0.4) is 0 Å². The molecule has 0 aromatic heterocycles. The molecular formula is C15H24N4O. The Balaban J connectivity index is 1.98. The molecule has 1 saturated carbocycles. The zero-order valence-corrected chi connectivity index (χ0v) is 12.2. The lowest BCUT2D eigenvalue weighted by Crippen LogP contribution is -2.43. The molecular weight excluding hydrogens is 252 g/mol. The molecule has 5 nitrogen and oxygen atoms in total. The standard InChI is InChI=1S/C15H24N4O/c1-11(12-7-9-14(20-2)10-8-12)17-15(19-16)18-13-5-3-4-6-13/h7-11,13H,3-6,16H2,1-2H3,(H2,17,18,19). The monoisotopic (exact) mass is 276 g/mol. The van der Waals surface area contributed by atoms with Gasteiger partial charge in [-0.25, -0.2) is 10.8 Å². The van der Waals surface area contributed by atoms with Crippen molar-refractivity contribution < 1.29 is 4.74 Å². The molecule has 0 spiro atoms. The van der Waals surface area contributed by atoms with Crippen LogP contribution in [0.25, 0.3) is 0 Å². The van der Waals surface area contributed by atoms with Crippen LogP contribution in [0.4, 0.5) is 0 Å². The Morgan fingerprint density at radius 3 is 2.50 bits per heavy atom. The van der Waals surface area contributed by atoms with Gasteiger partial charge in [0.15, 0.2) is 0 Å². The molecule has 0 aliphatic heterocycles. The van der Waals surface area contributed by atoms with E-state index in [1.54, 1.807) is 7.11 Å². The second-order valence-electron chi connectivity index (χ2n) is 5.20. The number of methoxy groups -OCH3 is 1. The molecule has 1 aromatic carbocycles. The van der Waals surface area contributed by atoms with E-state index in [-0.39, 0.29) is 6.04 Å². The van der Waals surface area contributed by atoms with E-state index in [9.17, 15) is 0 Å². The van der Waals surface area contributed by atoms with Crippen molar-refractivity contribution in [2.24, 2.45) is 10.8 Å². The zero-order chi connectivity index (χ0) is 14.4. The molecule has 4 N–H and O–H groups in total. The molecule has 5 heteroatoms. The fourth-order valence-corrected chi connectivity index (χ4v) is 2.51. The molecule has 1 fully saturated rings. The third-order valence-corrected chi connectivity index (χ3v) is 3.74. The summed E-state index contributed by atoms with van der Waals surface area (Å²) in [6, 6.07) is 8.53. The van der Waals surface area contributed by atoms with Crippen molar-refractivity contribution in [1.82, 2.24) is 10.7 Å². The van der Waals surface area contributed by atoms with Crippen molar-refractivity contribution in [3.63, 3.8) is 0 Å². The fraction of sp³-hybridized carbons (Fsp3) is 0.533. The SMILES string of the molecule is COc1ccc(C(C)NC(=NC2CCCC2)NN)cc1. The van der Waals surface area contributed by atoms with E-state index in [1.807, 2.05) is 24.3 Å². The molecule has 1 unspecified atom stereocenters. The van der Waals surface area contributed by atoms with Gasteiger partial charge in [-0.1, -0.05) is 25.0 Å². The van der Waals surface area contributed by atoms with Crippen LogP contribution in [-0.2, 0) is 0 Å². The van der Waals surface area contributed by atoms with E-state index < -0.39 is 0 Å². The van der Waals surface area contributed by atoms with Crippen molar-refractivity contribution in [2.45, 2.75) is 44.7 Å². The van der Waals surface area contributed by atoms with Crippen LogP contribution in [-0.4, -0.2) is 19.1 Å². The zero-order valence-electron chi connectivity index (χ0n) is 12.2. The Bertz CT molecular complexity index is 438. The largest absolute Gasteiger partial charge is 0.497 e. The lowest BCUT2D eigenvalue weighted by molar-refractivity contribution is 0.414. The molecule has 1 atom stereocenters. The number of nitrogens with zero attached hydrogens (tertiary/aromatic N) is 1. The van der Waals surface area contributed by atoms with Gasteiger partial charge >= 0.3 is 0 Å².